The second-order valence-corrected chi connectivity index (χ2v) is 6.49. The summed E-state index contributed by atoms with van der Waals surface area (Å²) in [5.74, 6) is 0. The lowest BCUT2D eigenvalue weighted by atomic mass is 9.75. The van der Waals surface area contributed by atoms with Crippen molar-refractivity contribution < 1.29 is 0 Å². The SMILES string of the molecule is CCNC(c1ccc(C)c(Cl)c1)C(C)(C)c1ccccc1. The number of aryl methyl sites for hydroxylation is 1. The van der Waals surface area contributed by atoms with Crippen LogP contribution in [0.3, 0.4) is 0 Å². The minimum atomic E-state index is -0.0180. The summed E-state index contributed by atoms with van der Waals surface area (Å²) in [6, 6.07) is 17.2. The van der Waals surface area contributed by atoms with E-state index in [1.165, 1.54) is 11.1 Å². The highest BCUT2D eigenvalue weighted by atomic mass is 35.5. The molecule has 0 bridgehead atoms. The number of hydrogen-bond acceptors (Lipinski definition) is 1. The molecule has 1 nitrogen and oxygen atoms in total. The number of rotatable bonds is 5. The summed E-state index contributed by atoms with van der Waals surface area (Å²) in [5, 5.41) is 4.46. The second-order valence-electron chi connectivity index (χ2n) is 6.09. The first-order valence-electron chi connectivity index (χ1n) is 7.51. The molecule has 112 valence electrons. The molecule has 0 saturated heterocycles. The minimum absolute atomic E-state index is 0.0180. The summed E-state index contributed by atoms with van der Waals surface area (Å²) in [5.41, 5.74) is 3.66. The van der Waals surface area contributed by atoms with Crippen LogP contribution >= 0.6 is 11.6 Å². The van der Waals surface area contributed by atoms with Gasteiger partial charge in [0.2, 0.25) is 0 Å². The molecule has 0 aliphatic rings. The molecule has 2 heteroatoms. The Hall–Kier alpha value is -1.31. The van der Waals surface area contributed by atoms with Gasteiger partial charge >= 0.3 is 0 Å². The van der Waals surface area contributed by atoms with E-state index in [9.17, 15) is 0 Å². The monoisotopic (exact) mass is 301 g/mol. The van der Waals surface area contributed by atoms with Crippen LogP contribution in [0, 0.1) is 6.92 Å². The third-order valence-corrected chi connectivity index (χ3v) is 4.58. The van der Waals surface area contributed by atoms with Crippen LogP contribution in [0.5, 0.6) is 0 Å². The van der Waals surface area contributed by atoms with Crippen LogP contribution in [0.25, 0.3) is 0 Å². The predicted molar refractivity (Wildman–Crippen MR) is 92.1 cm³/mol. The van der Waals surface area contributed by atoms with Gasteiger partial charge in [-0.05, 0) is 36.2 Å². The van der Waals surface area contributed by atoms with Crippen molar-refractivity contribution in [2.24, 2.45) is 0 Å². The first-order valence-corrected chi connectivity index (χ1v) is 7.89. The lowest BCUT2D eigenvalue weighted by Crippen LogP contribution is -2.37. The van der Waals surface area contributed by atoms with Crippen molar-refractivity contribution in [1.29, 1.82) is 0 Å². The quantitative estimate of drug-likeness (QED) is 0.792. The molecule has 0 spiro atoms. The van der Waals surface area contributed by atoms with E-state index in [2.05, 4.69) is 74.6 Å². The molecule has 1 atom stereocenters. The van der Waals surface area contributed by atoms with Crippen LogP contribution in [0.15, 0.2) is 48.5 Å². The Morgan fingerprint density at radius 1 is 1.10 bits per heavy atom. The van der Waals surface area contributed by atoms with Gasteiger partial charge < -0.3 is 5.32 Å². The molecular weight excluding hydrogens is 278 g/mol. The minimum Gasteiger partial charge on any atom is -0.309 e. The molecule has 2 aromatic rings. The number of hydrogen-bond donors (Lipinski definition) is 1. The third kappa shape index (κ3) is 3.48. The van der Waals surface area contributed by atoms with E-state index in [1.807, 2.05) is 6.92 Å². The zero-order valence-corrected chi connectivity index (χ0v) is 14.0. The molecule has 0 saturated carbocycles. The van der Waals surface area contributed by atoms with Gasteiger partial charge in [-0.1, -0.05) is 74.8 Å². The average molecular weight is 302 g/mol. The van der Waals surface area contributed by atoms with E-state index in [1.54, 1.807) is 0 Å². The predicted octanol–water partition coefficient (Wildman–Crippen LogP) is 5.28. The molecule has 0 heterocycles. The summed E-state index contributed by atoms with van der Waals surface area (Å²) >= 11 is 6.33. The molecule has 0 aliphatic heterocycles. The van der Waals surface area contributed by atoms with Gasteiger partial charge in [0.25, 0.3) is 0 Å². The van der Waals surface area contributed by atoms with Crippen LogP contribution in [-0.2, 0) is 5.41 Å². The fourth-order valence-electron chi connectivity index (χ4n) is 2.82. The van der Waals surface area contributed by atoms with Crippen molar-refractivity contribution in [3.05, 3.63) is 70.2 Å². The third-order valence-electron chi connectivity index (χ3n) is 4.18. The Balaban J connectivity index is 2.44. The first-order chi connectivity index (χ1) is 9.96. The lowest BCUT2D eigenvalue weighted by molar-refractivity contribution is 0.354. The van der Waals surface area contributed by atoms with Crippen LogP contribution in [-0.4, -0.2) is 6.54 Å². The molecule has 0 fully saturated rings. The van der Waals surface area contributed by atoms with Gasteiger partial charge in [-0.2, -0.15) is 0 Å². The number of nitrogens with one attached hydrogen (secondary N) is 1. The Morgan fingerprint density at radius 2 is 1.76 bits per heavy atom. The van der Waals surface area contributed by atoms with Gasteiger partial charge in [-0.3, -0.25) is 0 Å². The maximum atomic E-state index is 6.33. The van der Waals surface area contributed by atoms with E-state index in [0.717, 1.165) is 17.1 Å². The van der Waals surface area contributed by atoms with Crippen molar-refractivity contribution in [2.45, 2.75) is 39.2 Å². The molecule has 0 aromatic heterocycles. The largest absolute Gasteiger partial charge is 0.309 e. The highest BCUT2D eigenvalue weighted by Crippen LogP contribution is 2.37. The molecule has 0 amide bonds. The molecule has 1 N–H and O–H groups in total. The highest BCUT2D eigenvalue weighted by molar-refractivity contribution is 6.31. The van der Waals surface area contributed by atoms with Crippen LogP contribution in [0.4, 0.5) is 0 Å². The molecule has 2 aromatic carbocycles. The van der Waals surface area contributed by atoms with Crippen molar-refractivity contribution in [3.8, 4) is 0 Å². The molecule has 1 unspecified atom stereocenters. The summed E-state index contributed by atoms with van der Waals surface area (Å²) in [4.78, 5) is 0. The molecule has 2 rings (SSSR count). The number of benzene rings is 2. The van der Waals surface area contributed by atoms with Gasteiger partial charge in [0.05, 0.1) is 0 Å². The van der Waals surface area contributed by atoms with E-state index < -0.39 is 0 Å². The highest BCUT2D eigenvalue weighted by Gasteiger charge is 2.32. The van der Waals surface area contributed by atoms with Crippen LogP contribution in [0.2, 0.25) is 5.02 Å². The average Bonchev–Trinajstić information content (AvgIpc) is 2.48. The number of likely N-dealkylation sites (N-methyl/N-ethyl adjacent to an activating group) is 1. The van der Waals surface area contributed by atoms with Crippen molar-refractivity contribution >= 4 is 11.6 Å². The molecule has 0 radical (unpaired) electrons. The normalized spacial score (nSPS) is 13.2. The maximum absolute atomic E-state index is 6.33. The molecule has 21 heavy (non-hydrogen) atoms. The van der Waals surface area contributed by atoms with Crippen molar-refractivity contribution in [2.75, 3.05) is 6.54 Å². The van der Waals surface area contributed by atoms with E-state index in [0.29, 0.717) is 0 Å². The Bertz CT molecular complexity index is 590. The fraction of sp³-hybridized carbons (Fsp3) is 0.368. The van der Waals surface area contributed by atoms with E-state index in [-0.39, 0.29) is 11.5 Å². The number of halogens is 1. The summed E-state index contributed by atoms with van der Waals surface area (Å²) in [7, 11) is 0. The zero-order chi connectivity index (χ0) is 15.5. The van der Waals surface area contributed by atoms with Crippen LogP contribution in [0.1, 0.15) is 43.5 Å². The fourth-order valence-corrected chi connectivity index (χ4v) is 3.01. The van der Waals surface area contributed by atoms with Crippen molar-refractivity contribution in [1.82, 2.24) is 5.32 Å². The van der Waals surface area contributed by atoms with Gasteiger partial charge in [0.1, 0.15) is 0 Å². The van der Waals surface area contributed by atoms with E-state index >= 15 is 0 Å². The van der Waals surface area contributed by atoms with Gasteiger partial charge in [0.15, 0.2) is 0 Å². The van der Waals surface area contributed by atoms with E-state index in [4.69, 9.17) is 11.6 Å². The summed E-state index contributed by atoms with van der Waals surface area (Å²) in [6.07, 6.45) is 0. The Morgan fingerprint density at radius 3 is 2.33 bits per heavy atom. The Labute approximate surface area is 133 Å². The maximum Gasteiger partial charge on any atom is 0.0438 e. The standard InChI is InChI=1S/C19H24ClN/c1-5-21-18(15-12-11-14(2)17(20)13-15)19(3,4)16-9-7-6-8-10-16/h6-13,18,21H,5H2,1-4H3. The zero-order valence-electron chi connectivity index (χ0n) is 13.3. The molecule has 0 aliphatic carbocycles. The second kappa shape index (κ2) is 6.64. The van der Waals surface area contributed by atoms with Gasteiger partial charge in [0, 0.05) is 16.5 Å². The van der Waals surface area contributed by atoms with Gasteiger partial charge in [-0.25, -0.2) is 0 Å². The van der Waals surface area contributed by atoms with Crippen LogP contribution < -0.4 is 5.32 Å². The Kier molecular flexibility index (Phi) is 5.08. The topological polar surface area (TPSA) is 12.0 Å². The van der Waals surface area contributed by atoms with Crippen molar-refractivity contribution in [3.63, 3.8) is 0 Å². The molecular formula is C19H24ClN. The lowest BCUT2D eigenvalue weighted by Gasteiger charge is -2.36. The first kappa shape index (κ1) is 16.1. The smallest absolute Gasteiger partial charge is 0.0438 e. The van der Waals surface area contributed by atoms with Gasteiger partial charge in [-0.15, -0.1) is 0 Å². The summed E-state index contributed by atoms with van der Waals surface area (Å²) < 4.78 is 0. The summed E-state index contributed by atoms with van der Waals surface area (Å²) in [6.45, 7) is 9.67.